The average molecular weight is 480 g/mol. The molecule has 174 valence electrons. The van der Waals surface area contributed by atoms with Gasteiger partial charge in [0, 0.05) is 42.8 Å². The maximum atomic E-state index is 13.4. The molecule has 3 heterocycles. The summed E-state index contributed by atoms with van der Waals surface area (Å²) < 4.78 is 36.4. The first-order chi connectivity index (χ1) is 15.3. The Kier molecular flexibility index (Phi) is 7.04. The Balaban J connectivity index is 1.45. The van der Waals surface area contributed by atoms with Gasteiger partial charge in [-0.15, -0.1) is 11.3 Å². The van der Waals surface area contributed by atoms with Gasteiger partial charge >= 0.3 is 0 Å². The molecule has 0 spiro atoms. The summed E-state index contributed by atoms with van der Waals surface area (Å²) in [6.07, 6.45) is 2.66. The number of amides is 1. The number of sulfonamides is 1. The molecule has 1 aromatic carbocycles. The molecule has 4 rings (SSSR count). The van der Waals surface area contributed by atoms with E-state index in [1.54, 1.807) is 23.3 Å². The zero-order valence-electron chi connectivity index (χ0n) is 18.4. The molecular formula is C22H29N3O5S2. The third-order valence-electron chi connectivity index (χ3n) is 5.99. The summed E-state index contributed by atoms with van der Waals surface area (Å²) in [5.41, 5.74) is 0.777. The molecule has 2 aliphatic heterocycles. The molecule has 0 atom stereocenters. The predicted molar refractivity (Wildman–Crippen MR) is 125 cm³/mol. The number of hydrogen-bond donors (Lipinski definition) is 0. The number of carbonyl (C=O) groups excluding carboxylic acids is 1. The molecule has 32 heavy (non-hydrogen) atoms. The number of ether oxygens (including phenoxy) is 2. The Morgan fingerprint density at radius 3 is 2.53 bits per heavy atom. The first kappa shape index (κ1) is 23.0. The lowest BCUT2D eigenvalue weighted by molar-refractivity contribution is -0.120. The van der Waals surface area contributed by atoms with Crippen LogP contribution in [0.25, 0.3) is 0 Å². The highest BCUT2D eigenvalue weighted by Gasteiger charge is 2.29. The number of benzene rings is 1. The quantitative estimate of drug-likeness (QED) is 0.607. The number of carbonyl (C=O) groups is 1. The van der Waals surface area contributed by atoms with E-state index in [9.17, 15) is 13.2 Å². The van der Waals surface area contributed by atoms with Crippen LogP contribution in [0.3, 0.4) is 0 Å². The van der Waals surface area contributed by atoms with E-state index >= 15 is 0 Å². The van der Waals surface area contributed by atoms with Crippen molar-refractivity contribution < 1.29 is 22.7 Å². The number of nitrogens with zero attached hydrogens (tertiary/aromatic N) is 3. The zero-order valence-corrected chi connectivity index (χ0v) is 20.0. The summed E-state index contributed by atoms with van der Waals surface area (Å²) in [5.74, 6) is 1.35. The van der Waals surface area contributed by atoms with Gasteiger partial charge in [-0.3, -0.25) is 9.69 Å². The molecule has 0 aliphatic carbocycles. The maximum Gasteiger partial charge on any atom is 0.241 e. The van der Waals surface area contributed by atoms with Crippen molar-refractivity contribution in [2.75, 3.05) is 51.1 Å². The van der Waals surface area contributed by atoms with Gasteiger partial charge in [-0.1, -0.05) is 6.07 Å². The van der Waals surface area contributed by atoms with Crippen molar-refractivity contribution >= 4 is 33.0 Å². The highest BCUT2D eigenvalue weighted by molar-refractivity contribution is 7.88. The minimum atomic E-state index is -3.21. The fourth-order valence-electron chi connectivity index (χ4n) is 4.07. The summed E-state index contributed by atoms with van der Waals surface area (Å²) in [4.78, 5) is 18.4. The van der Waals surface area contributed by atoms with Crippen LogP contribution < -0.4 is 14.4 Å². The Morgan fingerprint density at radius 1 is 1.16 bits per heavy atom. The first-order valence-corrected chi connectivity index (χ1v) is 13.4. The Labute approximate surface area is 193 Å². The lowest BCUT2D eigenvalue weighted by Gasteiger charge is -2.36. The van der Waals surface area contributed by atoms with E-state index < -0.39 is 10.0 Å². The summed E-state index contributed by atoms with van der Waals surface area (Å²) in [6, 6.07) is 9.60. The minimum absolute atomic E-state index is 0.00463. The number of fused-ring (bicyclic) bond motifs is 1. The molecule has 0 radical (unpaired) electrons. The van der Waals surface area contributed by atoms with E-state index in [2.05, 4.69) is 4.90 Å². The van der Waals surface area contributed by atoms with Gasteiger partial charge in [0.05, 0.1) is 19.3 Å². The molecule has 2 aromatic rings. The van der Waals surface area contributed by atoms with E-state index in [-0.39, 0.29) is 18.5 Å². The number of rotatable bonds is 7. The van der Waals surface area contributed by atoms with Crippen molar-refractivity contribution in [1.29, 1.82) is 0 Å². The number of thiophene rings is 1. The van der Waals surface area contributed by atoms with Crippen LogP contribution in [0.4, 0.5) is 5.69 Å². The fraction of sp³-hybridized carbons (Fsp3) is 0.500. The number of piperidine rings is 1. The number of likely N-dealkylation sites (tertiary alicyclic amines) is 1. The van der Waals surface area contributed by atoms with Gasteiger partial charge in [-0.05, 0) is 36.4 Å². The van der Waals surface area contributed by atoms with E-state index in [1.807, 2.05) is 35.7 Å². The van der Waals surface area contributed by atoms with Crippen LogP contribution in [0.15, 0.2) is 35.7 Å². The second kappa shape index (κ2) is 9.78. The van der Waals surface area contributed by atoms with Crippen molar-refractivity contribution in [1.82, 2.24) is 9.21 Å². The lowest BCUT2D eigenvalue weighted by Crippen LogP contribution is -2.48. The molecule has 0 bridgehead atoms. The van der Waals surface area contributed by atoms with Crippen LogP contribution in [0.5, 0.6) is 11.5 Å². The predicted octanol–water partition coefficient (Wildman–Crippen LogP) is 2.41. The summed E-state index contributed by atoms with van der Waals surface area (Å²) in [6.45, 7) is 3.16. The van der Waals surface area contributed by atoms with E-state index in [4.69, 9.17) is 9.47 Å². The van der Waals surface area contributed by atoms with E-state index in [1.165, 1.54) is 10.6 Å². The van der Waals surface area contributed by atoms with Gasteiger partial charge in [0.1, 0.15) is 13.2 Å². The molecule has 1 amide bonds. The molecule has 8 nitrogen and oxygen atoms in total. The van der Waals surface area contributed by atoms with Crippen LogP contribution in [-0.4, -0.2) is 75.7 Å². The smallest absolute Gasteiger partial charge is 0.241 e. The standard InChI is InChI=1S/C22H29N3O5S2/c1-23(32(2,27)28)17-7-9-24(10-8-17)16-22(26)25(15-19-4-3-13-31-19)18-5-6-20-21(14-18)30-12-11-29-20/h3-6,13-14,17H,7-12,15-16H2,1-2H3. The van der Waals surface area contributed by atoms with Crippen LogP contribution >= 0.6 is 11.3 Å². The first-order valence-electron chi connectivity index (χ1n) is 10.7. The second-order valence-corrected chi connectivity index (χ2v) is 11.2. The molecule has 2 aliphatic rings. The maximum absolute atomic E-state index is 13.4. The van der Waals surface area contributed by atoms with Gasteiger partial charge in [0.15, 0.2) is 11.5 Å². The van der Waals surface area contributed by atoms with E-state index in [0.29, 0.717) is 57.2 Å². The zero-order chi connectivity index (χ0) is 22.7. The number of anilines is 1. The summed E-state index contributed by atoms with van der Waals surface area (Å²) in [7, 11) is -1.58. The van der Waals surface area contributed by atoms with Crippen LogP contribution in [0.1, 0.15) is 17.7 Å². The van der Waals surface area contributed by atoms with Gasteiger partial charge in [-0.25, -0.2) is 12.7 Å². The van der Waals surface area contributed by atoms with Gasteiger partial charge in [0.25, 0.3) is 0 Å². The topological polar surface area (TPSA) is 79.4 Å². The second-order valence-electron chi connectivity index (χ2n) is 8.17. The Hall–Kier alpha value is -2.14. The van der Waals surface area contributed by atoms with Gasteiger partial charge in [0.2, 0.25) is 15.9 Å². The van der Waals surface area contributed by atoms with Gasteiger partial charge < -0.3 is 14.4 Å². The molecular weight excluding hydrogens is 450 g/mol. The molecule has 1 saturated heterocycles. The summed E-state index contributed by atoms with van der Waals surface area (Å²) in [5, 5.41) is 2.00. The minimum Gasteiger partial charge on any atom is -0.486 e. The van der Waals surface area contributed by atoms with Crippen molar-refractivity contribution in [3.8, 4) is 11.5 Å². The lowest BCUT2D eigenvalue weighted by atomic mass is 10.1. The normalized spacial score (nSPS) is 17.5. The van der Waals surface area contributed by atoms with Gasteiger partial charge in [-0.2, -0.15) is 0 Å². The SMILES string of the molecule is CN(C1CCN(CC(=O)N(Cc2cccs2)c2ccc3c(c2)OCCO3)CC1)S(C)(=O)=O. The molecule has 1 aromatic heterocycles. The Bertz CT molecular complexity index is 1030. The van der Waals surface area contributed by atoms with Crippen molar-refractivity contribution in [3.05, 3.63) is 40.6 Å². The molecule has 10 heteroatoms. The van der Waals surface area contributed by atoms with Crippen molar-refractivity contribution in [2.45, 2.75) is 25.4 Å². The molecule has 1 fully saturated rings. The monoisotopic (exact) mass is 479 g/mol. The number of hydrogen-bond acceptors (Lipinski definition) is 7. The van der Waals surface area contributed by atoms with E-state index in [0.717, 1.165) is 10.6 Å². The highest BCUT2D eigenvalue weighted by atomic mass is 32.2. The van der Waals surface area contributed by atoms with Crippen molar-refractivity contribution in [2.24, 2.45) is 0 Å². The largest absolute Gasteiger partial charge is 0.486 e. The third-order valence-corrected chi connectivity index (χ3v) is 8.19. The fourth-order valence-corrected chi connectivity index (χ4v) is 5.52. The third kappa shape index (κ3) is 5.43. The molecule has 0 N–H and O–H groups in total. The highest BCUT2D eigenvalue weighted by Crippen LogP contribution is 2.35. The summed E-state index contributed by atoms with van der Waals surface area (Å²) >= 11 is 1.62. The van der Waals surface area contributed by atoms with Crippen LogP contribution in [-0.2, 0) is 21.4 Å². The van der Waals surface area contributed by atoms with Crippen molar-refractivity contribution in [3.63, 3.8) is 0 Å². The molecule has 0 unspecified atom stereocenters. The average Bonchev–Trinajstić information content (AvgIpc) is 3.30. The molecule has 0 saturated carbocycles. The Morgan fingerprint density at radius 2 is 1.88 bits per heavy atom. The van der Waals surface area contributed by atoms with Crippen LogP contribution in [0.2, 0.25) is 0 Å². The van der Waals surface area contributed by atoms with Crippen LogP contribution in [0, 0.1) is 0 Å².